The average molecular weight is 335 g/mol. The lowest BCUT2D eigenvalue weighted by Crippen LogP contribution is -2.52. The fourth-order valence-electron chi connectivity index (χ4n) is 2.20. The highest BCUT2D eigenvalue weighted by molar-refractivity contribution is 14.1. The van der Waals surface area contributed by atoms with Crippen LogP contribution in [0.2, 0.25) is 0 Å². The molecule has 90 valence electrons. The van der Waals surface area contributed by atoms with Gasteiger partial charge in [0, 0.05) is 7.05 Å². The third-order valence-electron chi connectivity index (χ3n) is 3.08. The first-order valence-corrected chi connectivity index (χ1v) is 7.17. The van der Waals surface area contributed by atoms with E-state index in [4.69, 9.17) is 10.7 Å². The zero-order chi connectivity index (χ0) is 11.6. The largest absolute Gasteiger partial charge is 0.370 e. The third kappa shape index (κ3) is 2.41. The topological polar surface area (TPSA) is 66.0 Å². The fraction of sp³-hybridized carbons (Fsp3) is 0.800. The molecule has 2 rings (SSSR count). The maximum Gasteiger partial charge on any atom is 0.203 e. The van der Waals surface area contributed by atoms with Crippen molar-refractivity contribution in [3.8, 4) is 0 Å². The molecule has 1 aliphatic heterocycles. The van der Waals surface area contributed by atoms with Gasteiger partial charge in [-0.25, -0.2) is 9.98 Å². The van der Waals surface area contributed by atoms with Gasteiger partial charge in [0.05, 0.1) is 4.55 Å². The molecule has 16 heavy (non-hydrogen) atoms. The maximum absolute atomic E-state index is 5.85. The van der Waals surface area contributed by atoms with E-state index in [9.17, 15) is 0 Å². The third-order valence-corrected chi connectivity index (χ3v) is 4.10. The van der Waals surface area contributed by atoms with Crippen LogP contribution in [0.1, 0.15) is 32.1 Å². The minimum absolute atomic E-state index is 0.275. The Kier molecular flexibility index (Phi) is 3.56. The Labute approximate surface area is 110 Å². The van der Waals surface area contributed by atoms with E-state index in [0.29, 0.717) is 5.96 Å². The molecule has 0 amide bonds. The Balaban J connectivity index is 2.22. The fourth-order valence-corrected chi connectivity index (χ4v) is 2.52. The van der Waals surface area contributed by atoms with Crippen LogP contribution < -0.4 is 11.1 Å². The summed E-state index contributed by atoms with van der Waals surface area (Å²) in [5.41, 5.74) is 5.58. The lowest BCUT2D eigenvalue weighted by Gasteiger charge is -2.35. The molecule has 0 unspecified atom stereocenters. The molecule has 5 nitrogen and oxygen atoms in total. The monoisotopic (exact) mass is 335 g/mol. The van der Waals surface area contributed by atoms with Crippen LogP contribution in [0, 0.1) is 0 Å². The van der Waals surface area contributed by atoms with Gasteiger partial charge in [0.25, 0.3) is 0 Å². The molecular formula is C10H18IN5. The van der Waals surface area contributed by atoms with Gasteiger partial charge in [0.2, 0.25) is 5.96 Å². The number of guanidine groups is 2. The van der Waals surface area contributed by atoms with Crippen molar-refractivity contribution in [2.45, 2.75) is 37.8 Å². The predicted octanol–water partition coefficient (Wildman–Crippen LogP) is 1.24. The summed E-state index contributed by atoms with van der Waals surface area (Å²) < 4.78 is 0.882. The van der Waals surface area contributed by atoms with Gasteiger partial charge >= 0.3 is 0 Å². The average Bonchev–Trinajstić information content (AvgIpc) is 2.28. The molecule has 0 atom stereocenters. The zero-order valence-corrected chi connectivity index (χ0v) is 11.7. The van der Waals surface area contributed by atoms with Gasteiger partial charge in [-0.1, -0.05) is 29.0 Å². The van der Waals surface area contributed by atoms with Crippen LogP contribution in [0.5, 0.6) is 0 Å². The Morgan fingerprint density at radius 1 is 1.38 bits per heavy atom. The summed E-state index contributed by atoms with van der Waals surface area (Å²) in [6.07, 6.45) is 5.72. The number of halogens is 1. The Morgan fingerprint density at radius 2 is 2.06 bits per heavy atom. The molecule has 6 heteroatoms. The van der Waals surface area contributed by atoms with Gasteiger partial charge in [-0.05, 0) is 25.7 Å². The van der Waals surface area contributed by atoms with Crippen molar-refractivity contribution in [1.82, 2.24) is 10.2 Å². The van der Waals surface area contributed by atoms with Crippen molar-refractivity contribution in [1.29, 1.82) is 0 Å². The van der Waals surface area contributed by atoms with E-state index < -0.39 is 0 Å². The van der Waals surface area contributed by atoms with Crippen molar-refractivity contribution in [2.24, 2.45) is 15.7 Å². The SMILES string of the molecule is CN(CI)C1=NC2(CCCCC2)N=C(N)N1. The van der Waals surface area contributed by atoms with Gasteiger partial charge in [-0.15, -0.1) is 0 Å². The summed E-state index contributed by atoms with van der Waals surface area (Å²) in [5.74, 6) is 1.35. The van der Waals surface area contributed by atoms with Crippen molar-refractivity contribution in [3.05, 3.63) is 0 Å². The summed E-state index contributed by atoms with van der Waals surface area (Å²) in [5, 5.41) is 3.04. The molecule has 1 aliphatic carbocycles. The minimum atomic E-state index is -0.275. The van der Waals surface area contributed by atoms with Crippen LogP contribution in [0.3, 0.4) is 0 Å². The molecule has 1 heterocycles. The molecule has 2 aliphatic rings. The normalized spacial score (nSPS) is 23.4. The van der Waals surface area contributed by atoms with E-state index in [0.717, 1.165) is 23.4 Å². The van der Waals surface area contributed by atoms with Crippen molar-refractivity contribution in [2.75, 3.05) is 11.6 Å². The van der Waals surface area contributed by atoms with Gasteiger partial charge < -0.3 is 10.6 Å². The van der Waals surface area contributed by atoms with Crippen LogP contribution in [0.15, 0.2) is 9.98 Å². The smallest absolute Gasteiger partial charge is 0.203 e. The molecule has 1 fully saturated rings. The molecule has 0 saturated heterocycles. The van der Waals surface area contributed by atoms with Gasteiger partial charge in [-0.3, -0.25) is 5.32 Å². The highest BCUT2D eigenvalue weighted by Crippen LogP contribution is 2.34. The van der Waals surface area contributed by atoms with E-state index in [-0.39, 0.29) is 5.66 Å². The second kappa shape index (κ2) is 4.77. The second-order valence-corrected chi connectivity index (χ2v) is 5.10. The lowest BCUT2D eigenvalue weighted by molar-refractivity contribution is 0.302. The van der Waals surface area contributed by atoms with E-state index in [1.807, 2.05) is 7.05 Å². The second-order valence-electron chi connectivity index (χ2n) is 4.42. The lowest BCUT2D eigenvalue weighted by atomic mass is 9.90. The van der Waals surface area contributed by atoms with Crippen LogP contribution >= 0.6 is 22.6 Å². The van der Waals surface area contributed by atoms with E-state index in [1.54, 1.807) is 0 Å². The first-order valence-electron chi connectivity index (χ1n) is 5.64. The summed E-state index contributed by atoms with van der Waals surface area (Å²) in [4.78, 5) is 11.3. The number of alkyl halides is 1. The number of hydrogen-bond acceptors (Lipinski definition) is 5. The molecule has 1 spiro atoms. The van der Waals surface area contributed by atoms with Crippen LogP contribution in [-0.4, -0.2) is 34.1 Å². The Morgan fingerprint density at radius 3 is 2.69 bits per heavy atom. The quantitative estimate of drug-likeness (QED) is 0.431. The van der Waals surface area contributed by atoms with Crippen molar-refractivity contribution >= 4 is 34.5 Å². The zero-order valence-electron chi connectivity index (χ0n) is 9.54. The van der Waals surface area contributed by atoms with E-state index >= 15 is 0 Å². The van der Waals surface area contributed by atoms with Crippen LogP contribution in [-0.2, 0) is 0 Å². The molecule has 0 bridgehead atoms. The maximum atomic E-state index is 5.85. The van der Waals surface area contributed by atoms with Gasteiger partial charge in [0.1, 0.15) is 0 Å². The highest BCUT2D eigenvalue weighted by atomic mass is 127. The van der Waals surface area contributed by atoms with Crippen molar-refractivity contribution < 1.29 is 0 Å². The minimum Gasteiger partial charge on any atom is -0.370 e. The molecule has 1 saturated carbocycles. The Hall–Kier alpha value is -0.530. The summed E-state index contributed by atoms with van der Waals surface area (Å²) in [7, 11) is 2.01. The van der Waals surface area contributed by atoms with E-state index in [1.165, 1.54) is 19.3 Å². The standard InChI is InChI=1S/C10H18IN5/c1-16(7-11)9-13-8(12)14-10(15-9)5-3-2-4-6-10/h2-7H2,1H3,(H3,12,13,14,15). The number of aliphatic imine (C=N–C) groups is 2. The molecule has 0 radical (unpaired) electrons. The number of nitrogens with two attached hydrogens (primary N) is 1. The molecule has 0 aromatic rings. The summed E-state index contributed by atoms with van der Waals surface area (Å²) in [6.45, 7) is 0. The van der Waals surface area contributed by atoms with Gasteiger partial charge in [-0.2, -0.15) is 0 Å². The number of nitrogens with one attached hydrogen (secondary N) is 1. The predicted molar refractivity (Wildman–Crippen MR) is 74.7 cm³/mol. The van der Waals surface area contributed by atoms with Crippen molar-refractivity contribution in [3.63, 3.8) is 0 Å². The van der Waals surface area contributed by atoms with Crippen LogP contribution in [0.25, 0.3) is 0 Å². The first kappa shape index (κ1) is 11.9. The van der Waals surface area contributed by atoms with Crippen LogP contribution in [0.4, 0.5) is 0 Å². The molecule has 3 N–H and O–H groups in total. The molecular weight excluding hydrogens is 317 g/mol. The Bertz CT molecular complexity index is 319. The van der Waals surface area contributed by atoms with Gasteiger partial charge in [0.15, 0.2) is 11.6 Å². The summed E-state index contributed by atoms with van der Waals surface area (Å²) in [6, 6.07) is 0. The number of nitrogens with zero attached hydrogens (tertiary/aromatic N) is 3. The summed E-state index contributed by atoms with van der Waals surface area (Å²) >= 11 is 2.31. The molecule has 0 aromatic carbocycles. The number of rotatable bonds is 1. The number of hydrogen-bond donors (Lipinski definition) is 2. The van der Waals surface area contributed by atoms with E-state index in [2.05, 4.69) is 37.8 Å². The molecule has 0 aromatic heterocycles. The highest BCUT2D eigenvalue weighted by Gasteiger charge is 2.35. The first-order chi connectivity index (χ1) is 7.65.